The third-order valence-corrected chi connectivity index (χ3v) is 4.71. The maximum atomic E-state index is 6.33. The Bertz CT molecular complexity index is 1270. The SMILES string of the molecule is COc1ccc2nc(Cl)c(/C=N\n3c(-n4nc(C)cc4C)n[nH]c3=S)cc2c1. The molecule has 0 saturated heterocycles. The summed E-state index contributed by atoms with van der Waals surface area (Å²) >= 11 is 11.6. The van der Waals surface area contributed by atoms with Crippen molar-refractivity contribution in [3.63, 3.8) is 0 Å². The summed E-state index contributed by atoms with van der Waals surface area (Å²) < 4.78 is 8.77. The van der Waals surface area contributed by atoms with Crippen LogP contribution in [0.15, 0.2) is 35.4 Å². The van der Waals surface area contributed by atoms with Gasteiger partial charge < -0.3 is 4.74 Å². The number of pyridine rings is 1. The van der Waals surface area contributed by atoms with Crippen LogP contribution in [-0.4, -0.2) is 43.0 Å². The van der Waals surface area contributed by atoms with Crippen molar-refractivity contribution < 1.29 is 4.74 Å². The third-order valence-electron chi connectivity index (χ3n) is 4.15. The monoisotopic (exact) mass is 413 g/mol. The van der Waals surface area contributed by atoms with Crippen LogP contribution in [0.3, 0.4) is 0 Å². The Morgan fingerprint density at radius 1 is 1.25 bits per heavy atom. The predicted molar refractivity (Wildman–Crippen MR) is 110 cm³/mol. The number of ether oxygens (including phenoxy) is 1. The molecule has 8 nitrogen and oxygen atoms in total. The quantitative estimate of drug-likeness (QED) is 0.312. The van der Waals surface area contributed by atoms with E-state index in [1.165, 1.54) is 4.68 Å². The van der Waals surface area contributed by atoms with Crippen molar-refractivity contribution >= 4 is 40.9 Å². The van der Waals surface area contributed by atoms with Crippen molar-refractivity contribution in [1.29, 1.82) is 0 Å². The van der Waals surface area contributed by atoms with E-state index in [1.807, 2.05) is 44.2 Å². The standard InChI is InChI=1S/C18H16ClN7OS/c1-10-6-11(2)25(24-10)17-22-23-18(28)26(17)20-9-13-7-12-8-14(27-3)4-5-15(12)21-16(13)19/h4-9H,1-3H3,(H,23,28)/b20-9-. The highest BCUT2D eigenvalue weighted by Crippen LogP contribution is 2.23. The molecule has 3 heterocycles. The normalized spacial score (nSPS) is 11.6. The van der Waals surface area contributed by atoms with Gasteiger partial charge in [0.2, 0.25) is 4.77 Å². The van der Waals surface area contributed by atoms with E-state index in [1.54, 1.807) is 18.0 Å². The Morgan fingerprint density at radius 2 is 2.07 bits per heavy atom. The lowest BCUT2D eigenvalue weighted by molar-refractivity contribution is 0.415. The number of nitrogens with zero attached hydrogens (tertiary/aromatic N) is 6. The lowest BCUT2D eigenvalue weighted by Gasteiger charge is -2.05. The van der Waals surface area contributed by atoms with Crippen LogP contribution in [0, 0.1) is 18.6 Å². The molecule has 0 atom stereocenters. The van der Waals surface area contributed by atoms with Crippen molar-refractivity contribution in [1.82, 2.24) is 29.6 Å². The number of methoxy groups -OCH3 is 1. The molecule has 0 aliphatic carbocycles. The van der Waals surface area contributed by atoms with E-state index in [0.29, 0.717) is 21.4 Å². The highest BCUT2D eigenvalue weighted by molar-refractivity contribution is 7.71. The summed E-state index contributed by atoms with van der Waals surface area (Å²) in [5.41, 5.74) is 3.20. The molecule has 1 aromatic carbocycles. The van der Waals surface area contributed by atoms with Gasteiger partial charge in [0.25, 0.3) is 5.95 Å². The Morgan fingerprint density at radius 3 is 2.79 bits per heavy atom. The van der Waals surface area contributed by atoms with Crippen molar-refractivity contribution in [3.05, 3.63) is 57.2 Å². The molecule has 1 N–H and O–H groups in total. The number of fused-ring (bicyclic) bond motifs is 1. The van der Waals surface area contributed by atoms with Gasteiger partial charge in [-0.15, -0.1) is 5.10 Å². The summed E-state index contributed by atoms with van der Waals surface area (Å²) in [5.74, 6) is 1.20. The maximum Gasteiger partial charge on any atom is 0.271 e. The smallest absolute Gasteiger partial charge is 0.271 e. The van der Waals surface area contributed by atoms with Crippen LogP contribution in [0.1, 0.15) is 17.0 Å². The molecule has 28 heavy (non-hydrogen) atoms. The maximum absolute atomic E-state index is 6.33. The van der Waals surface area contributed by atoms with Crippen LogP contribution in [-0.2, 0) is 0 Å². The van der Waals surface area contributed by atoms with Crippen LogP contribution < -0.4 is 4.74 Å². The summed E-state index contributed by atoms with van der Waals surface area (Å²) in [6, 6.07) is 9.42. The van der Waals surface area contributed by atoms with Crippen molar-refractivity contribution in [2.75, 3.05) is 7.11 Å². The molecule has 0 spiro atoms. The highest BCUT2D eigenvalue weighted by atomic mass is 35.5. The summed E-state index contributed by atoms with van der Waals surface area (Å²) in [6.45, 7) is 3.84. The van der Waals surface area contributed by atoms with Gasteiger partial charge in [0.1, 0.15) is 10.9 Å². The first-order chi connectivity index (χ1) is 13.5. The summed E-state index contributed by atoms with van der Waals surface area (Å²) in [4.78, 5) is 4.41. The van der Waals surface area contributed by atoms with E-state index < -0.39 is 0 Å². The molecular weight excluding hydrogens is 398 g/mol. The van der Waals surface area contributed by atoms with Gasteiger partial charge in [-0.3, -0.25) is 0 Å². The van der Waals surface area contributed by atoms with E-state index in [4.69, 9.17) is 28.6 Å². The van der Waals surface area contributed by atoms with E-state index in [2.05, 4.69) is 25.4 Å². The van der Waals surface area contributed by atoms with Gasteiger partial charge in [-0.2, -0.15) is 14.9 Å². The molecule has 0 fully saturated rings. The topological polar surface area (TPSA) is 85.9 Å². The molecule has 142 valence electrons. The molecule has 0 amide bonds. The summed E-state index contributed by atoms with van der Waals surface area (Å²) in [6.07, 6.45) is 1.59. The molecule has 0 radical (unpaired) electrons. The zero-order chi connectivity index (χ0) is 19.8. The minimum Gasteiger partial charge on any atom is -0.497 e. The lowest BCUT2D eigenvalue weighted by atomic mass is 10.1. The number of H-pyrrole nitrogens is 1. The molecule has 0 unspecified atom stereocenters. The first-order valence-electron chi connectivity index (χ1n) is 8.36. The van der Waals surface area contributed by atoms with Gasteiger partial charge in [-0.25, -0.2) is 14.8 Å². The Kier molecular flexibility index (Phi) is 4.70. The first-order valence-corrected chi connectivity index (χ1v) is 9.14. The van der Waals surface area contributed by atoms with E-state index in [-0.39, 0.29) is 0 Å². The Balaban J connectivity index is 1.78. The molecule has 0 aliphatic rings. The largest absolute Gasteiger partial charge is 0.497 e. The average molecular weight is 414 g/mol. The second-order valence-corrected chi connectivity index (χ2v) is 6.90. The van der Waals surface area contributed by atoms with Crippen molar-refractivity contribution in [2.45, 2.75) is 13.8 Å². The second-order valence-electron chi connectivity index (χ2n) is 6.15. The molecule has 0 bridgehead atoms. The minimum absolute atomic E-state index is 0.337. The number of nitrogens with one attached hydrogen (secondary N) is 1. The van der Waals surface area contributed by atoms with E-state index >= 15 is 0 Å². The summed E-state index contributed by atoms with van der Waals surface area (Å²) in [7, 11) is 1.62. The fraction of sp³-hybridized carbons (Fsp3) is 0.167. The molecule has 0 saturated carbocycles. The average Bonchev–Trinajstić information content (AvgIpc) is 3.20. The van der Waals surface area contributed by atoms with Crippen LogP contribution in [0.2, 0.25) is 5.15 Å². The molecule has 4 rings (SSSR count). The predicted octanol–water partition coefficient (Wildman–Crippen LogP) is 3.84. The number of benzene rings is 1. The lowest BCUT2D eigenvalue weighted by Crippen LogP contribution is -2.07. The number of rotatable bonds is 4. The fourth-order valence-corrected chi connectivity index (χ4v) is 3.21. The second kappa shape index (κ2) is 7.17. The first kappa shape index (κ1) is 18.3. The summed E-state index contributed by atoms with van der Waals surface area (Å²) in [5, 5.41) is 17.1. The molecular formula is C18H16ClN7OS. The van der Waals surface area contributed by atoms with Crippen LogP contribution in [0.5, 0.6) is 5.75 Å². The number of halogens is 1. The number of aromatic nitrogens is 6. The fourth-order valence-electron chi connectivity index (χ4n) is 2.84. The van der Waals surface area contributed by atoms with E-state index in [0.717, 1.165) is 28.0 Å². The van der Waals surface area contributed by atoms with Crippen molar-refractivity contribution in [2.24, 2.45) is 5.10 Å². The Hall–Kier alpha value is -3.04. The third kappa shape index (κ3) is 3.30. The number of aryl methyl sites for hydroxylation is 2. The van der Waals surface area contributed by atoms with Crippen LogP contribution in [0.25, 0.3) is 16.9 Å². The zero-order valence-electron chi connectivity index (χ0n) is 15.3. The highest BCUT2D eigenvalue weighted by Gasteiger charge is 2.12. The van der Waals surface area contributed by atoms with E-state index in [9.17, 15) is 0 Å². The van der Waals surface area contributed by atoms with Gasteiger partial charge >= 0.3 is 0 Å². The Labute approximate surface area is 170 Å². The van der Waals surface area contributed by atoms with Crippen LogP contribution in [0.4, 0.5) is 0 Å². The van der Waals surface area contributed by atoms with Gasteiger partial charge in [-0.05, 0) is 56.4 Å². The number of aromatic amines is 1. The number of hydrogen-bond donors (Lipinski definition) is 1. The van der Waals surface area contributed by atoms with Gasteiger partial charge in [0, 0.05) is 16.6 Å². The van der Waals surface area contributed by atoms with Gasteiger partial charge in [0.05, 0.1) is 24.5 Å². The minimum atomic E-state index is 0.337. The van der Waals surface area contributed by atoms with Crippen molar-refractivity contribution in [3.8, 4) is 11.7 Å². The molecule has 0 aliphatic heterocycles. The van der Waals surface area contributed by atoms with Gasteiger partial charge in [-0.1, -0.05) is 11.6 Å². The molecule has 3 aromatic heterocycles. The number of hydrogen-bond acceptors (Lipinski definition) is 6. The molecule has 4 aromatic rings. The van der Waals surface area contributed by atoms with Gasteiger partial charge in [0.15, 0.2) is 0 Å². The van der Waals surface area contributed by atoms with Crippen LogP contribution >= 0.6 is 23.8 Å². The molecule has 10 heteroatoms. The zero-order valence-corrected chi connectivity index (χ0v) is 16.9.